The summed E-state index contributed by atoms with van der Waals surface area (Å²) < 4.78 is 9.05. The molecule has 140 valence electrons. The fraction of sp³-hybridized carbons (Fsp3) is 0.412. The monoisotopic (exact) mass is 378 g/mol. The Kier molecular flexibility index (Phi) is 6.20. The second-order valence-electron chi connectivity index (χ2n) is 5.87. The van der Waals surface area contributed by atoms with Gasteiger partial charge >= 0.3 is 5.97 Å². The van der Waals surface area contributed by atoms with Crippen LogP contribution in [-0.2, 0) is 17.8 Å². The van der Waals surface area contributed by atoms with Crippen LogP contribution in [-0.4, -0.2) is 42.1 Å². The molecule has 3 heterocycles. The zero-order chi connectivity index (χ0) is 18.0. The van der Waals surface area contributed by atoms with Crippen molar-refractivity contribution in [3.63, 3.8) is 0 Å². The summed E-state index contributed by atoms with van der Waals surface area (Å²) in [6.45, 7) is 9.65. The van der Waals surface area contributed by atoms with Crippen LogP contribution in [0.2, 0.25) is 0 Å². The largest absolute Gasteiger partial charge is 0.461 e. The molecule has 0 radical (unpaired) electrons. The molecule has 0 aliphatic heterocycles. The van der Waals surface area contributed by atoms with Gasteiger partial charge < -0.3 is 9.30 Å². The van der Waals surface area contributed by atoms with Gasteiger partial charge in [-0.15, -0.1) is 12.4 Å². The van der Waals surface area contributed by atoms with E-state index in [-0.39, 0.29) is 12.4 Å². The zero-order valence-corrected chi connectivity index (χ0v) is 16.1. The van der Waals surface area contributed by atoms with Crippen molar-refractivity contribution in [2.24, 2.45) is 0 Å². The smallest absolute Gasteiger partial charge is 0.357 e. The maximum atomic E-state index is 12.1. The van der Waals surface area contributed by atoms with Gasteiger partial charge in [-0.1, -0.05) is 0 Å². The number of hydrogen-bond donors (Lipinski definition) is 1. The standard InChI is InChI=1S/C17H22N6O2.ClH/c1-5-25-17(24)16-14(8-19-20-16)15-9-18-10-22(15)6-7-23-13(4)11(2)12(3)21-23;/h8-10H,5-7H2,1-4H3,(H,19,20);1H. The van der Waals surface area contributed by atoms with E-state index < -0.39 is 5.97 Å². The number of imidazole rings is 1. The summed E-state index contributed by atoms with van der Waals surface area (Å²) >= 11 is 0. The Morgan fingerprint density at radius 3 is 2.65 bits per heavy atom. The Labute approximate surface area is 158 Å². The molecule has 0 unspecified atom stereocenters. The van der Waals surface area contributed by atoms with Gasteiger partial charge in [0.05, 0.1) is 48.8 Å². The number of nitrogens with zero attached hydrogens (tertiary/aromatic N) is 5. The first-order valence-corrected chi connectivity index (χ1v) is 8.24. The third kappa shape index (κ3) is 3.65. The van der Waals surface area contributed by atoms with Crippen LogP contribution in [0.5, 0.6) is 0 Å². The van der Waals surface area contributed by atoms with Gasteiger partial charge in [0.1, 0.15) is 0 Å². The Balaban J connectivity index is 0.00000243. The predicted molar refractivity (Wildman–Crippen MR) is 99.5 cm³/mol. The normalized spacial score (nSPS) is 10.6. The maximum absolute atomic E-state index is 12.1. The van der Waals surface area contributed by atoms with Crippen LogP contribution in [0.15, 0.2) is 18.7 Å². The molecule has 3 aromatic rings. The van der Waals surface area contributed by atoms with Crippen molar-refractivity contribution in [1.29, 1.82) is 0 Å². The van der Waals surface area contributed by atoms with Gasteiger partial charge in [-0.25, -0.2) is 9.78 Å². The SMILES string of the molecule is CCOC(=O)c1[nH]ncc1-c1cncn1CCn1nc(C)c(C)c1C.Cl. The van der Waals surface area contributed by atoms with Crippen molar-refractivity contribution < 1.29 is 9.53 Å². The third-order valence-corrected chi connectivity index (χ3v) is 4.40. The predicted octanol–water partition coefficient (Wildman–Crippen LogP) is 2.69. The number of esters is 1. The lowest BCUT2D eigenvalue weighted by atomic mass is 10.2. The third-order valence-electron chi connectivity index (χ3n) is 4.40. The van der Waals surface area contributed by atoms with E-state index in [0.29, 0.717) is 24.4 Å². The molecule has 0 aliphatic rings. The van der Waals surface area contributed by atoms with Gasteiger partial charge in [0, 0.05) is 12.2 Å². The van der Waals surface area contributed by atoms with Crippen LogP contribution in [0.1, 0.15) is 34.4 Å². The minimum absolute atomic E-state index is 0. The highest BCUT2D eigenvalue weighted by Crippen LogP contribution is 2.22. The average Bonchev–Trinajstić information content (AvgIpc) is 3.29. The van der Waals surface area contributed by atoms with Gasteiger partial charge in [-0.2, -0.15) is 10.2 Å². The van der Waals surface area contributed by atoms with E-state index in [1.165, 1.54) is 5.56 Å². The molecule has 1 N–H and O–H groups in total. The highest BCUT2D eigenvalue weighted by atomic mass is 35.5. The Morgan fingerprint density at radius 2 is 2.00 bits per heavy atom. The van der Waals surface area contributed by atoms with Gasteiger partial charge in [-0.3, -0.25) is 9.78 Å². The second kappa shape index (κ2) is 8.18. The number of aryl methyl sites for hydroxylation is 3. The molecule has 3 rings (SSSR count). The fourth-order valence-corrected chi connectivity index (χ4v) is 2.77. The molecule has 9 heteroatoms. The van der Waals surface area contributed by atoms with Crippen LogP contribution in [0.25, 0.3) is 11.3 Å². The van der Waals surface area contributed by atoms with Crippen molar-refractivity contribution in [3.8, 4) is 11.3 Å². The zero-order valence-electron chi connectivity index (χ0n) is 15.3. The van der Waals surface area contributed by atoms with E-state index in [1.807, 2.05) is 16.2 Å². The van der Waals surface area contributed by atoms with E-state index in [1.54, 1.807) is 25.6 Å². The molecule has 0 bridgehead atoms. The number of carbonyl (C=O) groups excluding carboxylic acids is 1. The number of H-pyrrole nitrogens is 1. The van der Waals surface area contributed by atoms with Crippen molar-refractivity contribution in [3.05, 3.63) is 41.4 Å². The number of aromatic amines is 1. The highest BCUT2D eigenvalue weighted by Gasteiger charge is 2.19. The first-order valence-electron chi connectivity index (χ1n) is 8.24. The Morgan fingerprint density at radius 1 is 1.23 bits per heavy atom. The van der Waals surface area contributed by atoms with Gasteiger partial charge in [0.15, 0.2) is 5.69 Å². The first-order chi connectivity index (χ1) is 12.0. The summed E-state index contributed by atoms with van der Waals surface area (Å²) in [5.74, 6) is -0.420. The molecule has 0 amide bonds. The Hall–Kier alpha value is -2.61. The van der Waals surface area contributed by atoms with E-state index in [0.717, 1.165) is 23.6 Å². The number of rotatable bonds is 6. The van der Waals surface area contributed by atoms with E-state index >= 15 is 0 Å². The molecule has 0 saturated heterocycles. The van der Waals surface area contributed by atoms with Crippen molar-refractivity contribution in [2.45, 2.75) is 40.8 Å². The summed E-state index contributed by atoms with van der Waals surface area (Å²) in [7, 11) is 0. The number of hydrogen-bond acceptors (Lipinski definition) is 5. The molecular weight excluding hydrogens is 356 g/mol. The summed E-state index contributed by atoms with van der Waals surface area (Å²) in [4.78, 5) is 16.3. The van der Waals surface area contributed by atoms with Crippen LogP contribution >= 0.6 is 12.4 Å². The van der Waals surface area contributed by atoms with Crippen LogP contribution in [0.3, 0.4) is 0 Å². The lowest BCUT2D eigenvalue weighted by Crippen LogP contribution is -2.11. The molecule has 8 nitrogen and oxygen atoms in total. The first kappa shape index (κ1) is 19.7. The quantitative estimate of drug-likeness (QED) is 0.666. The molecule has 0 aliphatic carbocycles. The van der Waals surface area contributed by atoms with Crippen LogP contribution in [0.4, 0.5) is 0 Å². The minimum Gasteiger partial charge on any atom is -0.461 e. The molecule has 0 atom stereocenters. The lowest BCUT2D eigenvalue weighted by molar-refractivity contribution is 0.0520. The molecule has 3 aromatic heterocycles. The highest BCUT2D eigenvalue weighted by molar-refractivity contribution is 5.94. The lowest BCUT2D eigenvalue weighted by Gasteiger charge is -2.10. The van der Waals surface area contributed by atoms with Gasteiger partial charge in [0.2, 0.25) is 0 Å². The van der Waals surface area contributed by atoms with Crippen molar-refractivity contribution in [2.75, 3.05) is 6.61 Å². The second-order valence-corrected chi connectivity index (χ2v) is 5.87. The summed E-state index contributed by atoms with van der Waals surface area (Å²) in [6, 6.07) is 0. The van der Waals surface area contributed by atoms with E-state index in [2.05, 4.69) is 34.1 Å². The summed E-state index contributed by atoms with van der Waals surface area (Å²) in [5, 5.41) is 11.3. The number of aromatic nitrogens is 6. The molecule has 26 heavy (non-hydrogen) atoms. The minimum atomic E-state index is -0.420. The molecule has 0 aromatic carbocycles. The molecule has 0 fully saturated rings. The van der Waals surface area contributed by atoms with Crippen LogP contribution < -0.4 is 0 Å². The number of carbonyl (C=O) groups is 1. The van der Waals surface area contributed by atoms with Crippen molar-refractivity contribution in [1.82, 2.24) is 29.5 Å². The fourth-order valence-electron chi connectivity index (χ4n) is 2.77. The topological polar surface area (TPSA) is 90.6 Å². The molecular formula is C17H23ClN6O2. The van der Waals surface area contributed by atoms with Crippen LogP contribution in [0, 0.1) is 20.8 Å². The molecule has 0 spiro atoms. The van der Waals surface area contributed by atoms with E-state index in [4.69, 9.17) is 4.74 Å². The van der Waals surface area contributed by atoms with Gasteiger partial charge in [-0.05, 0) is 33.3 Å². The van der Waals surface area contributed by atoms with Crippen molar-refractivity contribution >= 4 is 18.4 Å². The van der Waals surface area contributed by atoms with Gasteiger partial charge in [0.25, 0.3) is 0 Å². The van der Waals surface area contributed by atoms with E-state index in [9.17, 15) is 4.79 Å². The number of halogens is 1. The number of ether oxygens (including phenoxy) is 1. The molecule has 0 saturated carbocycles. The summed E-state index contributed by atoms with van der Waals surface area (Å²) in [6.07, 6.45) is 5.09. The Bertz CT molecular complexity index is 895. The summed E-state index contributed by atoms with van der Waals surface area (Å²) in [5.41, 5.74) is 5.25. The average molecular weight is 379 g/mol. The number of nitrogens with one attached hydrogen (secondary N) is 1. The maximum Gasteiger partial charge on any atom is 0.357 e.